The van der Waals surface area contributed by atoms with Crippen molar-refractivity contribution in [2.45, 2.75) is 27.2 Å². The van der Waals surface area contributed by atoms with E-state index in [0.717, 1.165) is 13.0 Å². The summed E-state index contributed by atoms with van der Waals surface area (Å²) in [5.41, 5.74) is 5.05. The minimum atomic E-state index is 0.970. The van der Waals surface area contributed by atoms with E-state index in [1.54, 1.807) is 0 Å². The van der Waals surface area contributed by atoms with Crippen LogP contribution in [0, 0.1) is 13.8 Å². The van der Waals surface area contributed by atoms with Gasteiger partial charge in [0.2, 0.25) is 0 Å². The summed E-state index contributed by atoms with van der Waals surface area (Å²) < 4.78 is 0. The molecule has 0 bridgehead atoms. The van der Waals surface area contributed by atoms with Crippen molar-refractivity contribution in [1.82, 2.24) is 0 Å². The van der Waals surface area contributed by atoms with E-state index in [0.29, 0.717) is 0 Å². The summed E-state index contributed by atoms with van der Waals surface area (Å²) in [4.78, 5) is 0. The summed E-state index contributed by atoms with van der Waals surface area (Å²) >= 11 is 0. The van der Waals surface area contributed by atoms with Crippen LogP contribution in [0.3, 0.4) is 0 Å². The lowest BCUT2D eigenvalue weighted by Gasteiger charge is -2.08. The zero-order chi connectivity index (χ0) is 10.6. The summed E-state index contributed by atoms with van der Waals surface area (Å²) in [6.07, 6.45) is 1.03. The maximum Gasteiger partial charge on any atom is 0.0345 e. The molecule has 76 valence electrons. The van der Waals surface area contributed by atoms with Crippen LogP contribution in [0.1, 0.15) is 24.5 Å². The van der Waals surface area contributed by atoms with Crippen molar-refractivity contribution in [3.05, 3.63) is 41.5 Å². The van der Waals surface area contributed by atoms with E-state index in [4.69, 9.17) is 0 Å². The van der Waals surface area contributed by atoms with Gasteiger partial charge in [-0.1, -0.05) is 11.6 Å². The number of hydrogen-bond acceptors (Lipinski definition) is 1. The summed E-state index contributed by atoms with van der Waals surface area (Å²) in [6.45, 7) is 11.2. The molecule has 0 aliphatic heterocycles. The summed E-state index contributed by atoms with van der Waals surface area (Å²) in [6, 6.07) is 6.53. The Labute approximate surface area is 86.8 Å². The van der Waals surface area contributed by atoms with Crippen molar-refractivity contribution >= 4 is 5.69 Å². The fraction of sp³-hybridized carbons (Fsp3) is 0.385. The van der Waals surface area contributed by atoms with Crippen LogP contribution in [0.2, 0.25) is 0 Å². The van der Waals surface area contributed by atoms with Crippen molar-refractivity contribution in [2.75, 3.05) is 11.9 Å². The van der Waals surface area contributed by atoms with Crippen LogP contribution in [0.25, 0.3) is 0 Å². The zero-order valence-electron chi connectivity index (χ0n) is 9.35. The molecule has 0 unspecified atom stereocenters. The first-order valence-electron chi connectivity index (χ1n) is 5.04. The van der Waals surface area contributed by atoms with Gasteiger partial charge >= 0.3 is 0 Å². The second-order valence-electron chi connectivity index (χ2n) is 4.01. The third kappa shape index (κ3) is 3.65. The predicted molar refractivity (Wildman–Crippen MR) is 63.8 cm³/mol. The maximum absolute atomic E-state index is 3.88. The fourth-order valence-electron chi connectivity index (χ4n) is 1.50. The molecular weight excluding hydrogens is 170 g/mol. The molecule has 0 radical (unpaired) electrons. The molecule has 0 atom stereocenters. The van der Waals surface area contributed by atoms with Crippen LogP contribution in [-0.2, 0) is 0 Å². The van der Waals surface area contributed by atoms with Gasteiger partial charge in [0.1, 0.15) is 0 Å². The number of anilines is 1. The molecule has 1 rings (SSSR count). The molecule has 1 aromatic carbocycles. The molecule has 0 amide bonds. The number of nitrogens with one attached hydrogen (secondary N) is 1. The number of aryl methyl sites for hydroxylation is 2. The highest BCUT2D eigenvalue weighted by molar-refractivity contribution is 5.48. The lowest BCUT2D eigenvalue weighted by Crippen LogP contribution is -2.01. The summed E-state index contributed by atoms with van der Waals surface area (Å²) in [7, 11) is 0. The maximum atomic E-state index is 3.88. The molecule has 0 heterocycles. The number of rotatable bonds is 4. The molecule has 14 heavy (non-hydrogen) atoms. The lowest BCUT2D eigenvalue weighted by atomic mass is 10.1. The van der Waals surface area contributed by atoms with Gasteiger partial charge in [0.05, 0.1) is 0 Å². The van der Waals surface area contributed by atoms with Gasteiger partial charge in [-0.25, -0.2) is 0 Å². The Balaban J connectivity index is 2.54. The van der Waals surface area contributed by atoms with Gasteiger partial charge in [0, 0.05) is 12.2 Å². The molecule has 1 N–H and O–H groups in total. The van der Waals surface area contributed by atoms with Crippen molar-refractivity contribution in [3.8, 4) is 0 Å². The molecule has 0 aliphatic carbocycles. The molecule has 1 heteroatoms. The highest BCUT2D eigenvalue weighted by atomic mass is 14.9. The van der Waals surface area contributed by atoms with Gasteiger partial charge < -0.3 is 5.32 Å². The second-order valence-corrected chi connectivity index (χ2v) is 4.01. The van der Waals surface area contributed by atoms with Gasteiger partial charge in [0.25, 0.3) is 0 Å². The van der Waals surface area contributed by atoms with Gasteiger partial charge in [-0.05, 0) is 50.5 Å². The Bertz CT molecular complexity index is 306. The summed E-state index contributed by atoms with van der Waals surface area (Å²) in [5.74, 6) is 0. The first-order valence-corrected chi connectivity index (χ1v) is 5.04. The normalized spacial score (nSPS) is 9.93. The standard InChI is InChI=1S/C13H19N/c1-10(2)5-6-14-13-8-11(3)7-12(4)9-13/h7-9,14H,1,5-6H2,2-4H3. The third-order valence-electron chi connectivity index (χ3n) is 2.10. The smallest absolute Gasteiger partial charge is 0.0345 e. The molecule has 0 spiro atoms. The Hall–Kier alpha value is -1.24. The SMILES string of the molecule is C=C(C)CCNc1cc(C)cc(C)c1. The van der Waals surface area contributed by atoms with E-state index in [9.17, 15) is 0 Å². The van der Waals surface area contributed by atoms with Crippen LogP contribution in [0.5, 0.6) is 0 Å². The van der Waals surface area contributed by atoms with Gasteiger partial charge in [0.15, 0.2) is 0 Å². The third-order valence-corrected chi connectivity index (χ3v) is 2.10. The Kier molecular flexibility index (Phi) is 3.75. The lowest BCUT2D eigenvalue weighted by molar-refractivity contribution is 1.00. The zero-order valence-corrected chi connectivity index (χ0v) is 9.35. The van der Waals surface area contributed by atoms with Gasteiger partial charge in [-0.3, -0.25) is 0 Å². The molecule has 1 nitrogen and oxygen atoms in total. The van der Waals surface area contributed by atoms with Gasteiger partial charge in [-0.15, -0.1) is 6.58 Å². The first-order chi connectivity index (χ1) is 6.58. The quantitative estimate of drug-likeness (QED) is 0.712. The van der Waals surface area contributed by atoms with E-state index >= 15 is 0 Å². The van der Waals surface area contributed by atoms with Crippen molar-refractivity contribution in [2.24, 2.45) is 0 Å². The Morgan fingerprint density at radius 2 is 1.79 bits per heavy atom. The van der Waals surface area contributed by atoms with Crippen LogP contribution in [0.4, 0.5) is 5.69 Å². The minimum Gasteiger partial charge on any atom is -0.385 e. The van der Waals surface area contributed by atoms with Crippen LogP contribution in [0.15, 0.2) is 30.4 Å². The molecule has 0 aromatic heterocycles. The minimum absolute atomic E-state index is 0.970. The average Bonchev–Trinajstić information content (AvgIpc) is 2.01. The topological polar surface area (TPSA) is 12.0 Å². The average molecular weight is 189 g/mol. The van der Waals surface area contributed by atoms with E-state index < -0.39 is 0 Å². The van der Waals surface area contributed by atoms with Crippen molar-refractivity contribution in [1.29, 1.82) is 0 Å². The van der Waals surface area contributed by atoms with E-state index in [2.05, 4.69) is 50.9 Å². The predicted octanol–water partition coefficient (Wildman–Crippen LogP) is 3.68. The highest BCUT2D eigenvalue weighted by Gasteiger charge is 1.94. The largest absolute Gasteiger partial charge is 0.385 e. The van der Waals surface area contributed by atoms with Crippen molar-refractivity contribution < 1.29 is 0 Å². The van der Waals surface area contributed by atoms with E-state index in [1.807, 2.05) is 0 Å². The van der Waals surface area contributed by atoms with E-state index in [-0.39, 0.29) is 0 Å². The van der Waals surface area contributed by atoms with Crippen molar-refractivity contribution in [3.63, 3.8) is 0 Å². The Morgan fingerprint density at radius 3 is 2.29 bits per heavy atom. The number of hydrogen-bond donors (Lipinski definition) is 1. The highest BCUT2D eigenvalue weighted by Crippen LogP contribution is 2.13. The molecule has 0 saturated carbocycles. The van der Waals surface area contributed by atoms with Crippen LogP contribution < -0.4 is 5.32 Å². The van der Waals surface area contributed by atoms with Gasteiger partial charge in [-0.2, -0.15) is 0 Å². The first kappa shape index (κ1) is 10.8. The molecule has 0 saturated heterocycles. The van der Waals surface area contributed by atoms with E-state index in [1.165, 1.54) is 22.4 Å². The molecule has 0 aliphatic rings. The van der Waals surface area contributed by atoms with Crippen LogP contribution >= 0.6 is 0 Å². The molecule has 1 aromatic rings. The molecule has 0 fully saturated rings. The van der Waals surface area contributed by atoms with Crippen LogP contribution in [-0.4, -0.2) is 6.54 Å². The second kappa shape index (κ2) is 4.85. The monoisotopic (exact) mass is 189 g/mol. The molecular formula is C13H19N. The number of benzene rings is 1. The Morgan fingerprint density at radius 1 is 1.21 bits per heavy atom. The fourth-order valence-corrected chi connectivity index (χ4v) is 1.50. The summed E-state index contributed by atoms with van der Waals surface area (Å²) in [5, 5.41) is 3.40.